The second-order valence-corrected chi connectivity index (χ2v) is 13.7. The first-order valence-corrected chi connectivity index (χ1v) is 17.0. The van der Waals surface area contributed by atoms with Gasteiger partial charge in [0.1, 0.15) is 29.8 Å². The molecule has 1 spiro atoms. The number of nitrogens with zero attached hydrogens (tertiary/aromatic N) is 2. The number of carbonyl (C=O) groups excluding carboxylic acids is 4. The lowest BCUT2D eigenvalue weighted by molar-refractivity contribution is -0.161. The molecule has 4 aliphatic rings. The Kier molecular flexibility index (Phi) is 9.62. The predicted molar refractivity (Wildman–Crippen MR) is 179 cm³/mol. The third-order valence-electron chi connectivity index (χ3n) is 9.42. The van der Waals surface area contributed by atoms with Gasteiger partial charge in [-0.15, -0.1) is 0 Å². The maximum Gasteiger partial charge on any atom is 0.313 e. The highest BCUT2D eigenvalue weighted by atomic mass is 79.9. The van der Waals surface area contributed by atoms with E-state index in [2.05, 4.69) is 21.2 Å². The van der Waals surface area contributed by atoms with Crippen LogP contribution in [0, 0.1) is 18.8 Å². The molecule has 2 saturated heterocycles. The zero-order valence-electron chi connectivity index (χ0n) is 26.1. The number of anilines is 1. The zero-order valence-corrected chi connectivity index (χ0v) is 28.4. The van der Waals surface area contributed by atoms with Crippen molar-refractivity contribution in [1.29, 1.82) is 0 Å². The van der Waals surface area contributed by atoms with E-state index in [-0.39, 0.29) is 38.4 Å². The van der Waals surface area contributed by atoms with Crippen LogP contribution in [0.2, 0.25) is 5.02 Å². The van der Waals surface area contributed by atoms with Gasteiger partial charge in [-0.2, -0.15) is 0 Å². The van der Waals surface area contributed by atoms with Crippen molar-refractivity contribution in [2.45, 2.75) is 63.0 Å². The number of rotatable bonds is 5. The molecule has 12 heteroatoms. The molecule has 0 aliphatic carbocycles. The highest BCUT2D eigenvalue weighted by Crippen LogP contribution is 2.59. The SMILES string of the molecule is Cc1cccc(Cl)c1N1C/C=C\CCC(=O)N[C@H](C)[C@@H](c2ccccc2)OC(=O)[C@@H]2[C@H]3O[C@@]4(C=C3Br)[C@H](C1=O)N(CCCO)C(=O)[C@@H]24. The van der Waals surface area contributed by atoms with Gasteiger partial charge in [-0.3, -0.25) is 19.2 Å². The van der Waals surface area contributed by atoms with Crippen LogP contribution in [0.15, 0.2) is 71.2 Å². The fourth-order valence-electron chi connectivity index (χ4n) is 7.37. The topological polar surface area (TPSA) is 125 Å². The Morgan fingerprint density at radius 2 is 1.81 bits per heavy atom. The summed E-state index contributed by atoms with van der Waals surface area (Å²) in [5.74, 6) is -3.89. The average Bonchev–Trinajstić information content (AvgIpc) is 3.64. The number of aliphatic hydroxyl groups is 1. The lowest BCUT2D eigenvalue weighted by atomic mass is 9.74. The number of nitrogens with one attached hydrogen (secondary N) is 1. The fraction of sp³-hybridized carbons (Fsp3) is 0.429. The number of para-hydroxylation sites is 1. The summed E-state index contributed by atoms with van der Waals surface area (Å²) in [5, 5.41) is 13.1. The molecule has 4 heterocycles. The summed E-state index contributed by atoms with van der Waals surface area (Å²) < 4.78 is 13.3. The van der Waals surface area contributed by atoms with E-state index in [4.69, 9.17) is 21.1 Å². The molecule has 0 saturated carbocycles. The lowest BCUT2D eigenvalue weighted by Gasteiger charge is -2.36. The van der Waals surface area contributed by atoms with E-state index in [1.54, 1.807) is 31.2 Å². The third kappa shape index (κ3) is 5.92. The fourth-order valence-corrected chi connectivity index (χ4v) is 8.43. The van der Waals surface area contributed by atoms with Crippen molar-refractivity contribution in [2.75, 3.05) is 24.6 Å². The number of aryl methyl sites for hydroxylation is 1. The molecule has 248 valence electrons. The second kappa shape index (κ2) is 13.5. The number of allylic oxidation sites excluding steroid dienone is 1. The van der Waals surface area contributed by atoms with Crippen molar-refractivity contribution in [3.8, 4) is 0 Å². The number of likely N-dealkylation sites (tertiary alicyclic amines) is 1. The molecule has 2 N–H and O–H groups in total. The van der Waals surface area contributed by atoms with E-state index in [0.29, 0.717) is 27.2 Å². The van der Waals surface area contributed by atoms with Gasteiger partial charge < -0.3 is 29.7 Å². The molecule has 2 fully saturated rings. The van der Waals surface area contributed by atoms with Crippen LogP contribution in [0.4, 0.5) is 5.69 Å². The summed E-state index contributed by atoms with van der Waals surface area (Å²) in [6.45, 7) is 3.61. The zero-order chi connectivity index (χ0) is 33.5. The van der Waals surface area contributed by atoms with Crippen LogP contribution in [0.3, 0.4) is 0 Å². The van der Waals surface area contributed by atoms with Gasteiger partial charge in [0, 0.05) is 30.6 Å². The maximum atomic E-state index is 14.9. The molecule has 0 unspecified atom stereocenters. The number of halogens is 2. The van der Waals surface area contributed by atoms with E-state index >= 15 is 0 Å². The molecule has 5 bridgehead atoms. The summed E-state index contributed by atoms with van der Waals surface area (Å²) in [4.78, 5) is 59.6. The van der Waals surface area contributed by atoms with Gasteiger partial charge in [-0.1, -0.05) is 82.1 Å². The molecule has 10 nitrogen and oxygen atoms in total. The molecule has 6 rings (SSSR count). The minimum Gasteiger partial charge on any atom is -0.455 e. The minimum atomic E-state index is -1.48. The summed E-state index contributed by atoms with van der Waals surface area (Å²) >= 11 is 10.3. The number of esters is 1. The highest BCUT2D eigenvalue weighted by Gasteiger charge is 2.75. The molecule has 2 aromatic carbocycles. The van der Waals surface area contributed by atoms with Crippen molar-refractivity contribution in [1.82, 2.24) is 10.2 Å². The van der Waals surface area contributed by atoms with Crippen LogP contribution >= 0.6 is 27.5 Å². The number of carbonyl (C=O) groups is 4. The Morgan fingerprint density at radius 3 is 2.53 bits per heavy atom. The van der Waals surface area contributed by atoms with Crippen LogP contribution in [-0.4, -0.2) is 77.2 Å². The van der Waals surface area contributed by atoms with Gasteiger partial charge in [0.05, 0.1) is 22.7 Å². The summed E-state index contributed by atoms with van der Waals surface area (Å²) in [5.41, 5.74) is 0.436. The Labute approximate surface area is 286 Å². The van der Waals surface area contributed by atoms with E-state index in [0.717, 1.165) is 5.56 Å². The van der Waals surface area contributed by atoms with Crippen molar-refractivity contribution in [2.24, 2.45) is 11.8 Å². The molecule has 4 aliphatic heterocycles. The number of hydrogen-bond donors (Lipinski definition) is 2. The molecule has 7 atom stereocenters. The van der Waals surface area contributed by atoms with Crippen LogP contribution in [0.1, 0.15) is 43.4 Å². The van der Waals surface area contributed by atoms with Gasteiger partial charge in [-0.05, 0) is 50.0 Å². The first kappa shape index (κ1) is 33.4. The van der Waals surface area contributed by atoms with Gasteiger partial charge in [0.2, 0.25) is 11.8 Å². The average molecular weight is 727 g/mol. The lowest BCUT2D eigenvalue weighted by Crippen LogP contribution is -2.56. The quantitative estimate of drug-likeness (QED) is 0.346. The van der Waals surface area contributed by atoms with Crippen molar-refractivity contribution < 1.29 is 33.8 Å². The molecular weight excluding hydrogens is 690 g/mol. The van der Waals surface area contributed by atoms with Gasteiger partial charge in [-0.25, -0.2) is 0 Å². The van der Waals surface area contributed by atoms with Gasteiger partial charge >= 0.3 is 5.97 Å². The summed E-state index contributed by atoms with van der Waals surface area (Å²) in [7, 11) is 0. The number of benzene rings is 2. The molecule has 0 radical (unpaired) electrons. The van der Waals surface area contributed by atoms with Crippen LogP contribution in [0.25, 0.3) is 0 Å². The number of fused-ring (bicyclic) bond motifs is 2. The molecule has 2 aromatic rings. The Balaban J connectivity index is 1.48. The van der Waals surface area contributed by atoms with Crippen molar-refractivity contribution in [3.63, 3.8) is 0 Å². The Hall–Kier alpha value is -3.51. The number of aliphatic hydroxyl groups excluding tert-OH is 1. The Morgan fingerprint density at radius 1 is 1.04 bits per heavy atom. The number of hydrogen-bond acceptors (Lipinski definition) is 7. The monoisotopic (exact) mass is 725 g/mol. The molecule has 47 heavy (non-hydrogen) atoms. The van der Waals surface area contributed by atoms with E-state index in [9.17, 15) is 24.3 Å². The van der Waals surface area contributed by atoms with Crippen LogP contribution in [-0.2, 0) is 28.7 Å². The molecular formula is C35H37BrClN3O7. The minimum absolute atomic E-state index is 0.0755. The maximum absolute atomic E-state index is 14.9. The predicted octanol–water partition coefficient (Wildman–Crippen LogP) is 4.38. The van der Waals surface area contributed by atoms with Gasteiger partial charge in [0.15, 0.2) is 0 Å². The van der Waals surface area contributed by atoms with Gasteiger partial charge in [0.25, 0.3) is 5.91 Å². The largest absolute Gasteiger partial charge is 0.455 e. The summed E-state index contributed by atoms with van der Waals surface area (Å²) in [6, 6.07) is 12.7. The number of cyclic esters (lactones) is 1. The van der Waals surface area contributed by atoms with Crippen molar-refractivity contribution in [3.05, 3.63) is 87.4 Å². The van der Waals surface area contributed by atoms with E-state index < -0.39 is 59.5 Å². The van der Waals surface area contributed by atoms with Crippen LogP contribution < -0.4 is 10.2 Å². The van der Waals surface area contributed by atoms with E-state index in [1.807, 2.05) is 49.4 Å². The number of amides is 3. The highest BCUT2D eigenvalue weighted by molar-refractivity contribution is 9.11. The smallest absolute Gasteiger partial charge is 0.313 e. The first-order chi connectivity index (χ1) is 22.6. The normalized spacial score (nSPS) is 31.8. The third-order valence-corrected chi connectivity index (χ3v) is 10.4. The first-order valence-electron chi connectivity index (χ1n) is 15.8. The second-order valence-electron chi connectivity index (χ2n) is 12.4. The van der Waals surface area contributed by atoms with Crippen LogP contribution in [0.5, 0.6) is 0 Å². The number of ether oxygens (including phenoxy) is 2. The standard InChI is InChI=1S/C35H37BrClN3O7/c1-20-11-9-14-24(37)28(20)39-16-8-4-7-15-25(42)38-21(2)29(22-12-5-3-6-13-22)46-34(45)26-27-32(43)40(17-10-18-41)31(33(39)44)35(27)19-23(36)30(26)47-35/h3-6,8-9,11-14,19,21,26-27,29-31,41H,7,10,15-18H2,1-2H3,(H,38,42)/b8-4-/t21-,26+,27-,29+,30+,31+,35-/m1/s1. The molecule has 0 aromatic heterocycles. The molecule has 3 amide bonds. The van der Waals surface area contributed by atoms with Crippen molar-refractivity contribution >= 4 is 56.9 Å². The Bertz CT molecular complexity index is 1610. The van der Waals surface area contributed by atoms with E-state index in [1.165, 1.54) is 9.80 Å². The summed E-state index contributed by atoms with van der Waals surface area (Å²) in [6.07, 6.45) is 4.47.